The first-order valence-corrected chi connectivity index (χ1v) is 6.42. The van der Waals surface area contributed by atoms with Crippen LogP contribution in [0.5, 0.6) is 0 Å². The van der Waals surface area contributed by atoms with Crippen molar-refractivity contribution in [3.63, 3.8) is 0 Å². The number of nitrogens with one attached hydrogen (secondary N) is 1. The zero-order valence-electron chi connectivity index (χ0n) is 11.7. The number of nitrogens with zero attached hydrogens (tertiary/aromatic N) is 3. The average molecular weight is 280 g/mol. The highest BCUT2D eigenvalue weighted by Gasteiger charge is 2.02. The van der Waals surface area contributed by atoms with Crippen LogP contribution in [0.3, 0.4) is 0 Å². The highest BCUT2D eigenvalue weighted by molar-refractivity contribution is 5.88. The zero-order chi connectivity index (χ0) is 15.1. The molecule has 0 aliphatic heterocycles. The van der Waals surface area contributed by atoms with Gasteiger partial charge in [0.1, 0.15) is 0 Å². The van der Waals surface area contributed by atoms with Crippen molar-refractivity contribution in [2.75, 3.05) is 12.1 Å². The van der Waals surface area contributed by atoms with Crippen LogP contribution in [-0.2, 0) is 4.79 Å². The molecule has 2 rings (SSSR count). The fraction of sp³-hybridized carbons (Fsp3) is 0.0625. The molecule has 106 valence electrons. The average Bonchev–Trinajstić information content (AvgIpc) is 2.54. The zero-order valence-corrected chi connectivity index (χ0v) is 11.7. The number of hydrazine groups is 1. The molecule has 5 nitrogen and oxygen atoms in total. The van der Waals surface area contributed by atoms with E-state index in [9.17, 15) is 4.79 Å². The highest BCUT2D eigenvalue weighted by atomic mass is 16.2. The Hall–Kier alpha value is -2.95. The van der Waals surface area contributed by atoms with Crippen LogP contribution in [0.2, 0.25) is 0 Å². The summed E-state index contributed by atoms with van der Waals surface area (Å²) in [5.74, 6) is -0.259. The molecule has 0 aromatic heterocycles. The van der Waals surface area contributed by atoms with Crippen LogP contribution in [-0.4, -0.2) is 13.0 Å². The minimum absolute atomic E-state index is 0.259. The van der Waals surface area contributed by atoms with Gasteiger partial charge in [-0.1, -0.05) is 24.8 Å². The first-order chi connectivity index (χ1) is 10.2. The van der Waals surface area contributed by atoms with Crippen LogP contribution in [0.15, 0.2) is 77.5 Å². The number of amides is 1. The molecular weight excluding hydrogens is 264 g/mol. The SMILES string of the molecule is C=CC(=O)NN(C)c1ccc(N=Nc2ccccc2)cc1. The molecule has 0 aliphatic rings. The van der Waals surface area contributed by atoms with Gasteiger partial charge in [-0.25, -0.2) is 0 Å². The van der Waals surface area contributed by atoms with Crippen molar-refractivity contribution in [2.45, 2.75) is 0 Å². The Morgan fingerprint density at radius 2 is 1.62 bits per heavy atom. The van der Waals surface area contributed by atoms with E-state index in [1.807, 2.05) is 54.6 Å². The first-order valence-electron chi connectivity index (χ1n) is 6.42. The number of azo groups is 1. The van der Waals surface area contributed by atoms with Crippen LogP contribution < -0.4 is 10.4 Å². The smallest absolute Gasteiger partial charge is 0.261 e. The summed E-state index contributed by atoms with van der Waals surface area (Å²) in [5, 5.41) is 9.91. The Bertz CT molecular complexity index is 635. The summed E-state index contributed by atoms with van der Waals surface area (Å²) in [6.07, 6.45) is 1.22. The number of anilines is 1. The van der Waals surface area contributed by atoms with Gasteiger partial charge in [0.25, 0.3) is 5.91 Å². The molecule has 1 N–H and O–H groups in total. The van der Waals surface area contributed by atoms with Gasteiger partial charge in [0.2, 0.25) is 0 Å². The minimum atomic E-state index is -0.259. The van der Waals surface area contributed by atoms with E-state index in [0.29, 0.717) is 0 Å². The molecule has 0 unspecified atom stereocenters. The van der Waals surface area contributed by atoms with Crippen molar-refractivity contribution in [1.82, 2.24) is 5.43 Å². The topological polar surface area (TPSA) is 57.1 Å². The van der Waals surface area contributed by atoms with Crippen molar-refractivity contribution in [1.29, 1.82) is 0 Å². The molecule has 0 heterocycles. The lowest BCUT2D eigenvalue weighted by Crippen LogP contribution is -2.38. The van der Waals surface area contributed by atoms with Crippen molar-refractivity contribution >= 4 is 23.0 Å². The number of rotatable bonds is 5. The Morgan fingerprint density at radius 3 is 2.19 bits per heavy atom. The fourth-order valence-corrected chi connectivity index (χ4v) is 1.63. The van der Waals surface area contributed by atoms with Gasteiger partial charge in [0.05, 0.1) is 17.1 Å². The summed E-state index contributed by atoms with van der Waals surface area (Å²) in [7, 11) is 1.75. The van der Waals surface area contributed by atoms with Crippen LogP contribution in [0, 0.1) is 0 Å². The molecular formula is C16H16N4O. The van der Waals surface area contributed by atoms with E-state index in [4.69, 9.17) is 0 Å². The third-order valence-electron chi connectivity index (χ3n) is 2.74. The second-order valence-electron chi connectivity index (χ2n) is 4.29. The maximum absolute atomic E-state index is 11.2. The molecule has 0 spiro atoms. The van der Waals surface area contributed by atoms with Gasteiger partial charge >= 0.3 is 0 Å². The van der Waals surface area contributed by atoms with Gasteiger partial charge in [0, 0.05) is 7.05 Å². The van der Waals surface area contributed by atoms with E-state index < -0.39 is 0 Å². The molecule has 0 atom stereocenters. The third-order valence-corrected chi connectivity index (χ3v) is 2.74. The largest absolute Gasteiger partial charge is 0.288 e. The number of carbonyl (C=O) groups is 1. The van der Waals surface area contributed by atoms with Crippen LogP contribution in [0.1, 0.15) is 0 Å². The number of benzene rings is 2. The maximum atomic E-state index is 11.2. The number of hydrogen-bond donors (Lipinski definition) is 1. The first kappa shape index (κ1) is 14.5. The number of hydrogen-bond acceptors (Lipinski definition) is 4. The molecule has 5 heteroatoms. The van der Waals surface area contributed by atoms with Crippen LogP contribution in [0.4, 0.5) is 17.1 Å². The molecule has 0 fully saturated rings. The number of carbonyl (C=O) groups excluding carboxylic acids is 1. The Kier molecular flexibility index (Phi) is 4.82. The Morgan fingerprint density at radius 1 is 1.05 bits per heavy atom. The highest BCUT2D eigenvalue weighted by Crippen LogP contribution is 2.20. The van der Waals surface area contributed by atoms with E-state index in [1.54, 1.807) is 12.1 Å². The lowest BCUT2D eigenvalue weighted by molar-refractivity contribution is -0.116. The second-order valence-corrected chi connectivity index (χ2v) is 4.29. The van der Waals surface area contributed by atoms with Gasteiger partial charge < -0.3 is 0 Å². The summed E-state index contributed by atoms with van der Waals surface area (Å²) >= 11 is 0. The van der Waals surface area contributed by atoms with Crippen molar-refractivity contribution in [2.24, 2.45) is 10.2 Å². The van der Waals surface area contributed by atoms with Gasteiger partial charge in [-0.2, -0.15) is 10.2 Å². The van der Waals surface area contributed by atoms with E-state index in [2.05, 4.69) is 22.2 Å². The molecule has 0 bridgehead atoms. The molecule has 2 aromatic rings. The lowest BCUT2D eigenvalue weighted by atomic mass is 10.3. The fourth-order valence-electron chi connectivity index (χ4n) is 1.63. The quantitative estimate of drug-likeness (QED) is 0.515. The predicted octanol–water partition coefficient (Wildman–Crippen LogP) is 3.76. The second kappa shape index (κ2) is 7.00. The molecule has 2 aromatic carbocycles. The molecule has 0 radical (unpaired) electrons. The monoisotopic (exact) mass is 280 g/mol. The normalized spacial score (nSPS) is 10.3. The van der Waals surface area contributed by atoms with Crippen LogP contribution in [0.25, 0.3) is 0 Å². The summed E-state index contributed by atoms with van der Waals surface area (Å²) < 4.78 is 0. The van der Waals surface area contributed by atoms with Crippen molar-refractivity contribution < 1.29 is 4.79 Å². The van der Waals surface area contributed by atoms with Gasteiger partial charge in [0.15, 0.2) is 0 Å². The summed E-state index contributed by atoms with van der Waals surface area (Å²) in [4.78, 5) is 11.2. The van der Waals surface area contributed by atoms with Crippen molar-refractivity contribution in [3.8, 4) is 0 Å². The van der Waals surface area contributed by atoms with E-state index in [0.717, 1.165) is 17.1 Å². The van der Waals surface area contributed by atoms with E-state index in [-0.39, 0.29) is 5.91 Å². The molecule has 0 saturated carbocycles. The maximum Gasteiger partial charge on any atom is 0.261 e. The van der Waals surface area contributed by atoms with Crippen molar-refractivity contribution in [3.05, 3.63) is 67.3 Å². The Labute approximate surface area is 123 Å². The minimum Gasteiger partial charge on any atom is -0.288 e. The summed E-state index contributed by atoms with van der Waals surface area (Å²) in [6.45, 7) is 3.41. The van der Waals surface area contributed by atoms with Gasteiger partial charge in [-0.3, -0.25) is 15.2 Å². The van der Waals surface area contributed by atoms with E-state index in [1.165, 1.54) is 6.08 Å². The lowest BCUT2D eigenvalue weighted by Gasteiger charge is -2.19. The summed E-state index contributed by atoms with van der Waals surface area (Å²) in [6, 6.07) is 16.9. The van der Waals surface area contributed by atoms with Crippen LogP contribution >= 0.6 is 0 Å². The van der Waals surface area contributed by atoms with E-state index >= 15 is 0 Å². The standard InChI is InChI=1S/C16H16N4O/c1-3-16(21)19-20(2)15-11-9-14(10-12-15)18-17-13-7-5-4-6-8-13/h3-12H,1H2,2H3,(H,19,21). The predicted molar refractivity (Wildman–Crippen MR) is 83.8 cm³/mol. The summed E-state index contributed by atoms with van der Waals surface area (Å²) in [5.41, 5.74) is 5.03. The molecule has 1 amide bonds. The molecule has 21 heavy (non-hydrogen) atoms. The van der Waals surface area contributed by atoms with Gasteiger partial charge in [-0.15, -0.1) is 0 Å². The molecule has 0 aliphatic carbocycles. The third kappa shape index (κ3) is 4.28. The molecule has 0 saturated heterocycles. The van der Waals surface area contributed by atoms with Gasteiger partial charge in [-0.05, 0) is 42.5 Å². The Balaban J connectivity index is 2.03.